The molecule has 3 rings (SSSR count). The van der Waals surface area contributed by atoms with Gasteiger partial charge in [-0.25, -0.2) is 0 Å². The van der Waals surface area contributed by atoms with Crippen molar-refractivity contribution >= 4 is 29.1 Å². The molecule has 29 heavy (non-hydrogen) atoms. The zero-order valence-corrected chi connectivity index (χ0v) is 17.9. The van der Waals surface area contributed by atoms with Crippen LogP contribution in [-0.2, 0) is 25.7 Å². The second-order valence-corrected chi connectivity index (χ2v) is 8.96. The van der Waals surface area contributed by atoms with Crippen LogP contribution in [-0.4, -0.2) is 54.0 Å². The third-order valence-electron chi connectivity index (χ3n) is 5.76. The van der Waals surface area contributed by atoms with Crippen molar-refractivity contribution in [3.05, 3.63) is 22.4 Å². The van der Waals surface area contributed by atoms with E-state index >= 15 is 0 Å². The summed E-state index contributed by atoms with van der Waals surface area (Å²) in [5.41, 5.74) is -0.550. The van der Waals surface area contributed by atoms with Crippen molar-refractivity contribution in [2.24, 2.45) is 0 Å². The number of nitrogens with zero attached hydrogens (tertiary/aromatic N) is 1. The van der Waals surface area contributed by atoms with Gasteiger partial charge in [0.05, 0.1) is 31.0 Å². The van der Waals surface area contributed by atoms with Crippen molar-refractivity contribution in [2.45, 2.75) is 70.0 Å². The Morgan fingerprint density at radius 2 is 2.14 bits per heavy atom. The molecule has 1 aromatic heterocycles. The maximum Gasteiger partial charge on any atom is 0.308 e. The molecule has 1 aromatic rings. The Labute approximate surface area is 176 Å². The van der Waals surface area contributed by atoms with E-state index in [0.717, 1.165) is 38.6 Å². The number of hydrogen-bond donors (Lipinski definition) is 2. The third-order valence-corrected chi connectivity index (χ3v) is 6.62. The quantitative estimate of drug-likeness (QED) is 0.629. The summed E-state index contributed by atoms with van der Waals surface area (Å²) in [4.78, 5) is 40.8. The molecule has 1 saturated carbocycles. The van der Waals surface area contributed by atoms with E-state index in [2.05, 4.69) is 15.5 Å². The molecule has 2 amide bonds. The van der Waals surface area contributed by atoms with E-state index in [1.807, 2.05) is 17.5 Å². The van der Waals surface area contributed by atoms with Crippen LogP contribution in [0.2, 0.25) is 0 Å². The Kier molecular flexibility index (Phi) is 7.66. The number of piperazine rings is 1. The van der Waals surface area contributed by atoms with Gasteiger partial charge in [-0.1, -0.05) is 25.3 Å². The Bertz CT molecular complexity index is 701. The number of hydrogen-bond acceptors (Lipinski definition) is 6. The second kappa shape index (κ2) is 10.2. The second-order valence-electron chi connectivity index (χ2n) is 7.93. The van der Waals surface area contributed by atoms with Crippen molar-refractivity contribution in [3.63, 3.8) is 0 Å². The fourth-order valence-corrected chi connectivity index (χ4v) is 5.09. The van der Waals surface area contributed by atoms with E-state index in [1.165, 1.54) is 4.88 Å². The first-order valence-corrected chi connectivity index (χ1v) is 11.4. The van der Waals surface area contributed by atoms with E-state index in [-0.39, 0.29) is 30.6 Å². The molecular weight excluding hydrogens is 390 g/mol. The van der Waals surface area contributed by atoms with Crippen molar-refractivity contribution in [1.82, 2.24) is 15.5 Å². The molecule has 1 atom stereocenters. The highest BCUT2D eigenvalue weighted by molar-refractivity contribution is 7.09. The van der Waals surface area contributed by atoms with Gasteiger partial charge in [0.25, 0.3) is 0 Å². The van der Waals surface area contributed by atoms with Crippen LogP contribution in [0.4, 0.5) is 0 Å². The Morgan fingerprint density at radius 1 is 1.34 bits per heavy atom. The summed E-state index contributed by atoms with van der Waals surface area (Å²) in [6.07, 6.45) is 4.91. The summed E-state index contributed by atoms with van der Waals surface area (Å²) in [6, 6.07) is 3.55. The summed E-state index contributed by atoms with van der Waals surface area (Å²) in [7, 11) is 0. The lowest BCUT2D eigenvalue weighted by molar-refractivity contribution is -0.146. The standard InChI is InChI=1S/C21H31N3O4S/c1-2-28-19(26)14-21(8-4-3-5-9-21)23-18(25)13-17-20(27)22-10-11-24(17)15-16-7-6-12-29-16/h6-7,12,17H,2-5,8-11,13-15H2,1H3,(H,22,27)(H,23,25)/t17-/m0/s1. The predicted octanol–water partition coefficient (Wildman–Crippen LogP) is 2.21. The van der Waals surface area contributed by atoms with Crippen LogP contribution < -0.4 is 10.6 Å². The van der Waals surface area contributed by atoms with Gasteiger partial charge in [-0.15, -0.1) is 11.3 Å². The van der Waals surface area contributed by atoms with E-state index in [1.54, 1.807) is 18.3 Å². The molecule has 2 heterocycles. The molecule has 0 radical (unpaired) electrons. The van der Waals surface area contributed by atoms with Gasteiger partial charge in [0.1, 0.15) is 0 Å². The number of thiophene rings is 1. The van der Waals surface area contributed by atoms with Gasteiger partial charge < -0.3 is 15.4 Å². The van der Waals surface area contributed by atoms with Gasteiger partial charge in [0.2, 0.25) is 11.8 Å². The van der Waals surface area contributed by atoms with E-state index in [9.17, 15) is 14.4 Å². The number of rotatable bonds is 8. The van der Waals surface area contributed by atoms with Crippen molar-refractivity contribution in [1.29, 1.82) is 0 Å². The summed E-state index contributed by atoms with van der Waals surface area (Å²) < 4.78 is 5.13. The lowest BCUT2D eigenvalue weighted by Crippen LogP contribution is -2.58. The minimum Gasteiger partial charge on any atom is -0.466 e. The molecule has 0 unspecified atom stereocenters. The Hall–Kier alpha value is -1.93. The van der Waals surface area contributed by atoms with Crippen molar-refractivity contribution in [2.75, 3.05) is 19.7 Å². The number of nitrogens with one attached hydrogen (secondary N) is 2. The summed E-state index contributed by atoms with van der Waals surface area (Å²) >= 11 is 1.65. The summed E-state index contributed by atoms with van der Waals surface area (Å²) in [5, 5.41) is 8.02. The Morgan fingerprint density at radius 3 is 2.83 bits per heavy atom. The molecule has 1 aliphatic carbocycles. The lowest BCUT2D eigenvalue weighted by Gasteiger charge is -2.39. The van der Waals surface area contributed by atoms with E-state index < -0.39 is 11.6 Å². The van der Waals surface area contributed by atoms with Crippen molar-refractivity contribution in [3.8, 4) is 0 Å². The molecule has 2 fully saturated rings. The zero-order valence-electron chi connectivity index (χ0n) is 17.1. The third kappa shape index (κ3) is 6.02. The molecule has 8 heteroatoms. The van der Waals surface area contributed by atoms with E-state index in [0.29, 0.717) is 19.7 Å². The fourth-order valence-electron chi connectivity index (χ4n) is 4.36. The minimum absolute atomic E-state index is 0.0990. The van der Waals surface area contributed by atoms with Crippen LogP contribution in [0.3, 0.4) is 0 Å². The van der Waals surface area contributed by atoms with Gasteiger partial charge in [0.15, 0.2) is 0 Å². The summed E-state index contributed by atoms with van der Waals surface area (Å²) in [5.74, 6) is -0.551. The monoisotopic (exact) mass is 421 g/mol. The molecule has 160 valence electrons. The van der Waals surface area contributed by atoms with Crippen LogP contribution in [0.5, 0.6) is 0 Å². The van der Waals surface area contributed by atoms with Crippen LogP contribution in [0.25, 0.3) is 0 Å². The van der Waals surface area contributed by atoms with Gasteiger partial charge in [-0.3, -0.25) is 19.3 Å². The molecule has 0 aromatic carbocycles. The summed E-state index contributed by atoms with van der Waals surface area (Å²) in [6.45, 7) is 4.10. The van der Waals surface area contributed by atoms with E-state index in [4.69, 9.17) is 4.74 Å². The van der Waals surface area contributed by atoms with Gasteiger partial charge in [-0.05, 0) is 31.2 Å². The first-order chi connectivity index (χ1) is 14.0. The average Bonchev–Trinajstić information content (AvgIpc) is 3.18. The molecule has 1 aliphatic heterocycles. The predicted molar refractivity (Wildman–Crippen MR) is 111 cm³/mol. The molecule has 7 nitrogen and oxygen atoms in total. The normalized spacial score (nSPS) is 22.0. The molecule has 2 N–H and O–H groups in total. The molecule has 1 saturated heterocycles. The molecule has 0 bridgehead atoms. The van der Waals surface area contributed by atoms with Crippen LogP contribution in [0.1, 0.15) is 56.7 Å². The van der Waals surface area contributed by atoms with Crippen LogP contribution in [0, 0.1) is 0 Å². The maximum atomic E-state index is 13.0. The topological polar surface area (TPSA) is 87.7 Å². The van der Waals surface area contributed by atoms with Crippen molar-refractivity contribution < 1.29 is 19.1 Å². The van der Waals surface area contributed by atoms with Crippen LogP contribution in [0.15, 0.2) is 17.5 Å². The molecular formula is C21H31N3O4S. The average molecular weight is 422 g/mol. The fraction of sp³-hybridized carbons (Fsp3) is 0.667. The minimum atomic E-state index is -0.550. The maximum absolute atomic E-state index is 13.0. The van der Waals surface area contributed by atoms with Gasteiger partial charge >= 0.3 is 5.97 Å². The first-order valence-electron chi connectivity index (χ1n) is 10.5. The Balaban J connectivity index is 1.65. The highest BCUT2D eigenvalue weighted by Gasteiger charge is 2.38. The lowest BCUT2D eigenvalue weighted by atomic mass is 9.79. The first kappa shape index (κ1) is 21.8. The highest BCUT2D eigenvalue weighted by atomic mass is 32.1. The highest BCUT2D eigenvalue weighted by Crippen LogP contribution is 2.32. The number of carbonyl (C=O) groups is 3. The number of amides is 2. The number of esters is 1. The zero-order chi connectivity index (χ0) is 20.7. The van der Waals surface area contributed by atoms with Crippen LogP contribution >= 0.6 is 11.3 Å². The largest absolute Gasteiger partial charge is 0.466 e. The molecule has 2 aliphatic rings. The smallest absolute Gasteiger partial charge is 0.308 e. The molecule has 0 spiro atoms. The van der Waals surface area contributed by atoms with Gasteiger partial charge in [-0.2, -0.15) is 0 Å². The van der Waals surface area contributed by atoms with Gasteiger partial charge in [0, 0.05) is 24.5 Å². The number of carbonyl (C=O) groups excluding carboxylic acids is 3. The SMILES string of the molecule is CCOC(=O)CC1(NC(=O)C[C@H]2C(=O)NCCN2Cc2cccs2)CCCCC1. The number of ether oxygens (including phenoxy) is 1.